The number of hydrogen-bond acceptors (Lipinski definition) is 7. The van der Waals surface area contributed by atoms with Crippen molar-refractivity contribution in [2.24, 2.45) is 0 Å². The molecule has 2 aliphatic rings. The van der Waals surface area contributed by atoms with E-state index in [9.17, 15) is 18.4 Å². The summed E-state index contributed by atoms with van der Waals surface area (Å²) in [5, 5.41) is 5.73. The van der Waals surface area contributed by atoms with Crippen LogP contribution in [0.1, 0.15) is 41.4 Å². The molecule has 2 aliphatic heterocycles. The number of nitrogens with one attached hydrogen (secondary N) is 3. The Balaban J connectivity index is 1.75. The van der Waals surface area contributed by atoms with Crippen molar-refractivity contribution in [1.29, 1.82) is 0 Å². The van der Waals surface area contributed by atoms with E-state index in [0.29, 0.717) is 63.4 Å². The van der Waals surface area contributed by atoms with Crippen molar-refractivity contribution >= 4 is 17.3 Å². The maximum absolute atomic E-state index is 15.8. The van der Waals surface area contributed by atoms with Gasteiger partial charge in [0.15, 0.2) is 0 Å². The van der Waals surface area contributed by atoms with Crippen LogP contribution in [0, 0.1) is 0 Å². The van der Waals surface area contributed by atoms with Gasteiger partial charge in [0, 0.05) is 61.8 Å². The molecule has 0 saturated carbocycles. The Kier molecular flexibility index (Phi) is 9.78. The van der Waals surface area contributed by atoms with E-state index in [1.54, 1.807) is 12.1 Å². The first kappa shape index (κ1) is 29.1. The smallest absolute Gasteiger partial charge is 0.264 e. The zero-order valence-corrected chi connectivity index (χ0v) is 22.4. The molecule has 3 N–H and O–H groups in total. The molecule has 40 heavy (non-hydrogen) atoms. The average Bonchev–Trinajstić information content (AvgIpc) is 2.95. The van der Waals surface area contributed by atoms with Crippen LogP contribution < -0.4 is 21.1 Å². The van der Waals surface area contributed by atoms with Crippen molar-refractivity contribution in [2.75, 3.05) is 51.3 Å². The molecular formula is C28H33F3N6O3. The monoisotopic (exact) mass is 558 g/mol. The summed E-state index contributed by atoms with van der Waals surface area (Å²) in [5.41, 5.74) is -1.26. The summed E-state index contributed by atoms with van der Waals surface area (Å²) >= 11 is 0. The molecule has 9 nitrogen and oxygen atoms in total. The number of nitrogens with zero attached hydrogens (tertiary/aromatic N) is 3. The van der Waals surface area contributed by atoms with E-state index >= 15 is 4.39 Å². The molecule has 2 aromatic heterocycles. The van der Waals surface area contributed by atoms with E-state index in [-0.39, 0.29) is 17.3 Å². The predicted molar refractivity (Wildman–Crippen MR) is 147 cm³/mol. The van der Waals surface area contributed by atoms with Crippen LogP contribution in [0.15, 0.2) is 65.1 Å². The van der Waals surface area contributed by atoms with Crippen LogP contribution in [0.5, 0.6) is 0 Å². The normalized spacial score (nSPS) is 23.4. The van der Waals surface area contributed by atoms with Gasteiger partial charge in [0.1, 0.15) is 11.6 Å². The fourth-order valence-corrected chi connectivity index (χ4v) is 4.36. The Bertz CT molecular complexity index is 1350. The fourth-order valence-electron chi connectivity index (χ4n) is 4.36. The van der Waals surface area contributed by atoms with E-state index < -0.39 is 34.8 Å². The Labute approximate surface area is 230 Å². The molecule has 1 amide bonds. The summed E-state index contributed by atoms with van der Waals surface area (Å²) in [6.07, 6.45) is 2.74. The first-order chi connectivity index (χ1) is 19.2. The predicted octanol–water partition coefficient (Wildman–Crippen LogP) is 3.37. The number of allylic oxidation sites excluding steroid dienone is 3. The van der Waals surface area contributed by atoms with Gasteiger partial charge in [-0.15, -0.1) is 0 Å². The topological polar surface area (TPSA) is 103 Å². The number of hydrogen-bond donors (Lipinski definition) is 3. The van der Waals surface area contributed by atoms with Crippen molar-refractivity contribution in [3.8, 4) is 0 Å². The molecule has 214 valence electrons. The largest absolute Gasteiger partial charge is 0.388 e. The highest BCUT2D eigenvalue weighted by molar-refractivity contribution is 5.97. The fraction of sp³-hybridized carbons (Fsp3) is 0.393. The van der Waals surface area contributed by atoms with Gasteiger partial charge in [0.05, 0.1) is 30.2 Å². The van der Waals surface area contributed by atoms with Crippen LogP contribution in [0.4, 0.5) is 19.0 Å². The van der Waals surface area contributed by atoms with Crippen molar-refractivity contribution in [3.63, 3.8) is 0 Å². The minimum Gasteiger partial charge on any atom is -0.388 e. The van der Waals surface area contributed by atoms with Crippen molar-refractivity contribution < 1.29 is 22.7 Å². The minimum absolute atomic E-state index is 0.0871. The lowest BCUT2D eigenvalue weighted by Crippen LogP contribution is -2.37. The maximum Gasteiger partial charge on any atom is 0.264 e. The molecule has 1 unspecified atom stereocenters. The summed E-state index contributed by atoms with van der Waals surface area (Å²) < 4.78 is 48.4. The number of rotatable bonds is 5. The molecule has 12 heteroatoms. The Morgan fingerprint density at radius 1 is 1.23 bits per heavy atom. The lowest BCUT2D eigenvalue weighted by Gasteiger charge is -2.28. The zero-order chi connectivity index (χ0) is 28.6. The van der Waals surface area contributed by atoms with Crippen LogP contribution >= 0.6 is 0 Å². The summed E-state index contributed by atoms with van der Waals surface area (Å²) in [5.74, 6) is -0.755. The molecule has 2 aromatic rings. The SMILES string of the molecule is CC1CN/C=C(NC(=O)c2c[nH]c(=O)cc2C(F)F)/C=C(c2cccc(N3CCOCC3)n2)\C(F)=C/CCN1C. The number of pyridine rings is 2. The first-order valence-electron chi connectivity index (χ1n) is 13.1. The van der Waals surface area contributed by atoms with Gasteiger partial charge in [-0.05, 0) is 44.7 Å². The maximum atomic E-state index is 15.8. The number of aromatic amines is 1. The van der Waals surface area contributed by atoms with Gasteiger partial charge < -0.3 is 30.2 Å². The number of carbonyl (C=O) groups is 1. The second-order valence-electron chi connectivity index (χ2n) is 9.64. The molecule has 0 aromatic carbocycles. The highest BCUT2D eigenvalue weighted by Crippen LogP contribution is 2.27. The zero-order valence-electron chi connectivity index (χ0n) is 22.4. The van der Waals surface area contributed by atoms with Gasteiger partial charge in [-0.1, -0.05) is 6.07 Å². The minimum atomic E-state index is -3.04. The molecule has 0 aliphatic carbocycles. The van der Waals surface area contributed by atoms with E-state index in [2.05, 4.69) is 20.5 Å². The molecule has 0 spiro atoms. The third-order valence-electron chi connectivity index (χ3n) is 6.83. The quantitative estimate of drug-likeness (QED) is 0.517. The van der Waals surface area contributed by atoms with Crippen LogP contribution in [0.3, 0.4) is 0 Å². The number of likely N-dealkylation sites (N-methyl/N-ethyl adjacent to an activating group) is 1. The molecule has 4 heterocycles. The highest BCUT2D eigenvalue weighted by atomic mass is 19.3. The number of aromatic nitrogens is 2. The molecular weight excluding hydrogens is 525 g/mol. The summed E-state index contributed by atoms with van der Waals surface area (Å²) in [4.78, 5) is 35.8. The standard InChI is InChI=1S/C28H33F3N6O3/c1-18-15-32-16-19(34-28(39)22-17-33-26(38)14-20(22)27(30)31)13-21(23(29)5-4-8-36(18)2)24-6-3-7-25(35-24)37-9-11-40-12-10-37/h3,5-7,13-14,16-18,27,32H,4,8-12,15H2,1-2H3,(H,33,38)(H,34,39)/b19-16-,21-13+,23-5+. The second kappa shape index (κ2) is 13.4. The summed E-state index contributed by atoms with van der Waals surface area (Å²) in [6, 6.07) is 6.07. The average molecular weight is 559 g/mol. The molecule has 0 bridgehead atoms. The molecule has 4 rings (SSSR count). The number of H-pyrrole nitrogens is 1. The highest BCUT2D eigenvalue weighted by Gasteiger charge is 2.21. The summed E-state index contributed by atoms with van der Waals surface area (Å²) in [6.45, 7) is 5.56. The second-order valence-corrected chi connectivity index (χ2v) is 9.64. The lowest BCUT2D eigenvalue weighted by molar-refractivity contribution is 0.0952. The number of halogens is 3. The van der Waals surface area contributed by atoms with Crippen molar-refractivity contribution in [3.05, 3.63) is 87.5 Å². The van der Waals surface area contributed by atoms with E-state index in [0.717, 1.165) is 6.20 Å². The molecule has 0 radical (unpaired) electrons. The van der Waals surface area contributed by atoms with E-state index in [1.807, 2.05) is 24.9 Å². The molecule has 1 atom stereocenters. The van der Waals surface area contributed by atoms with Crippen molar-refractivity contribution in [2.45, 2.75) is 25.8 Å². The van der Waals surface area contributed by atoms with Gasteiger partial charge in [0.2, 0.25) is 5.56 Å². The number of anilines is 1. The third kappa shape index (κ3) is 7.39. The summed E-state index contributed by atoms with van der Waals surface area (Å²) in [7, 11) is 1.93. The van der Waals surface area contributed by atoms with E-state index in [4.69, 9.17) is 9.72 Å². The Morgan fingerprint density at radius 3 is 2.75 bits per heavy atom. The van der Waals surface area contributed by atoms with Crippen LogP contribution in [-0.4, -0.2) is 73.3 Å². The van der Waals surface area contributed by atoms with Crippen LogP contribution in [0.25, 0.3) is 5.57 Å². The number of morpholine rings is 1. The first-order valence-corrected chi connectivity index (χ1v) is 13.1. The van der Waals surface area contributed by atoms with Crippen LogP contribution in [-0.2, 0) is 4.74 Å². The third-order valence-corrected chi connectivity index (χ3v) is 6.83. The Morgan fingerprint density at radius 2 is 2.00 bits per heavy atom. The lowest BCUT2D eigenvalue weighted by atomic mass is 10.1. The molecule has 1 fully saturated rings. The van der Waals surface area contributed by atoms with Gasteiger partial charge in [-0.25, -0.2) is 18.2 Å². The van der Waals surface area contributed by atoms with Gasteiger partial charge in [-0.2, -0.15) is 0 Å². The van der Waals surface area contributed by atoms with Gasteiger partial charge in [-0.3, -0.25) is 9.59 Å². The van der Waals surface area contributed by atoms with Gasteiger partial charge in [0.25, 0.3) is 12.3 Å². The van der Waals surface area contributed by atoms with Crippen molar-refractivity contribution in [1.82, 2.24) is 25.5 Å². The Hall–Kier alpha value is -3.90. The number of carbonyl (C=O) groups excluding carboxylic acids is 1. The number of alkyl halides is 2. The molecule has 1 saturated heterocycles. The number of ether oxygens (including phenoxy) is 1. The number of amides is 1. The van der Waals surface area contributed by atoms with Crippen LogP contribution in [0.2, 0.25) is 0 Å². The van der Waals surface area contributed by atoms with Gasteiger partial charge >= 0.3 is 0 Å². The van der Waals surface area contributed by atoms with E-state index in [1.165, 1.54) is 18.4 Å².